The molecule has 0 radical (unpaired) electrons. The average Bonchev–Trinajstić information content (AvgIpc) is 2.54. The van der Waals surface area contributed by atoms with E-state index in [2.05, 4.69) is 15.3 Å². The van der Waals surface area contributed by atoms with Gasteiger partial charge in [-0.3, -0.25) is 0 Å². The number of thioether (sulfide) groups is 1. The standard InChI is InChI=1S/C15H19N3O2S/c1-19-8-7-16-9-12-10-17-15(18-11-12)20-13-3-5-14(21-2)6-4-13/h3-6,10-11,16H,7-9H2,1-2H3. The summed E-state index contributed by atoms with van der Waals surface area (Å²) in [5, 5.41) is 3.24. The Bertz CT molecular complexity index is 532. The van der Waals surface area contributed by atoms with Gasteiger partial charge < -0.3 is 14.8 Å². The Balaban J connectivity index is 1.86. The van der Waals surface area contributed by atoms with Gasteiger partial charge in [0.1, 0.15) is 5.75 Å². The molecule has 1 aromatic carbocycles. The van der Waals surface area contributed by atoms with E-state index in [4.69, 9.17) is 9.47 Å². The average molecular weight is 305 g/mol. The Morgan fingerprint density at radius 1 is 1.14 bits per heavy atom. The highest BCUT2D eigenvalue weighted by atomic mass is 32.2. The smallest absolute Gasteiger partial charge is 0.321 e. The fourth-order valence-electron chi connectivity index (χ4n) is 1.64. The van der Waals surface area contributed by atoms with Crippen LogP contribution in [0.4, 0.5) is 0 Å². The normalized spacial score (nSPS) is 10.6. The number of benzene rings is 1. The summed E-state index contributed by atoms with van der Waals surface area (Å²) in [4.78, 5) is 9.61. The maximum Gasteiger partial charge on any atom is 0.321 e. The minimum atomic E-state index is 0.354. The van der Waals surface area contributed by atoms with Gasteiger partial charge in [0.2, 0.25) is 0 Å². The van der Waals surface area contributed by atoms with Gasteiger partial charge in [-0.1, -0.05) is 0 Å². The summed E-state index contributed by atoms with van der Waals surface area (Å²) in [6, 6.07) is 8.19. The third-order valence-electron chi connectivity index (χ3n) is 2.76. The van der Waals surface area contributed by atoms with Crippen molar-refractivity contribution in [1.29, 1.82) is 0 Å². The van der Waals surface area contributed by atoms with Gasteiger partial charge in [0.15, 0.2) is 0 Å². The van der Waals surface area contributed by atoms with Gasteiger partial charge in [0.05, 0.1) is 6.61 Å². The fraction of sp³-hybridized carbons (Fsp3) is 0.333. The number of hydrogen-bond acceptors (Lipinski definition) is 6. The van der Waals surface area contributed by atoms with Crippen molar-refractivity contribution < 1.29 is 9.47 Å². The number of methoxy groups -OCH3 is 1. The SMILES string of the molecule is COCCNCc1cnc(Oc2ccc(SC)cc2)nc1. The van der Waals surface area contributed by atoms with E-state index in [0.717, 1.165) is 17.9 Å². The van der Waals surface area contributed by atoms with Crippen LogP contribution >= 0.6 is 11.8 Å². The monoisotopic (exact) mass is 305 g/mol. The van der Waals surface area contributed by atoms with E-state index in [9.17, 15) is 0 Å². The molecule has 2 rings (SSSR count). The van der Waals surface area contributed by atoms with E-state index < -0.39 is 0 Å². The molecule has 0 atom stereocenters. The third kappa shape index (κ3) is 5.34. The zero-order valence-electron chi connectivity index (χ0n) is 12.2. The van der Waals surface area contributed by atoms with Crippen LogP contribution in [-0.4, -0.2) is 36.5 Å². The lowest BCUT2D eigenvalue weighted by Crippen LogP contribution is -2.18. The molecule has 0 bridgehead atoms. The predicted octanol–water partition coefficient (Wildman–Crippen LogP) is 2.73. The molecule has 0 aliphatic carbocycles. The lowest BCUT2D eigenvalue weighted by Gasteiger charge is -2.06. The molecular weight excluding hydrogens is 286 g/mol. The molecule has 112 valence electrons. The summed E-state index contributed by atoms with van der Waals surface area (Å²) < 4.78 is 10.6. The molecule has 0 aliphatic heterocycles. The minimum absolute atomic E-state index is 0.354. The molecule has 2 aromatic rings. The Hall–Kier alpha value is -1.63. The quantitative estimate of drug-likeness (QED) is 0.598. The van der Waals surface area contributed by atoms with Gasteiger partial charge in [-0.05, 0) is 30.5 Å². The molecule has 0 spiro atoms. The molecule has 0 aliphatic rings. The van der Waals surface area contributed by atoms with E-state index >= 15 is 0 Å². The van der Waals surface area contributed by atoms with Crippen LogP contribution < -0.4 is 10.1 Å². The van der Waals surface area contributed by atoms with Crippen LogP contribution in [0, 0.1) is 0 Å². The van der Waals surface area contributed by atoms with E-state index in [1.807, 2.05) is 30.5 Å². The number of ether oxygens (including phenoxy) is 2. The van der Waals surface area contributed by atoms with E-state index in [1.54, 1.807) is 31.3 Å². The van der Waals surface area contributed by atoms with Crippen molar-refractivity contribution in [2.75, 3.05) is 26.5 Å². The van der Waals surface area contributed by atoms with Crippen LogP contribution in [0.15, 0.2) is 41.6 Å². The Morgan fingerprint density at radius 2 is 1.86 bits per heavy atom. The van der Waals surface area contributed by atoms with Gasteiger partial charge in [-0.25, -0.2) is 9.97 Å². The predicted molar refractivity (Wildman–Crippen MR) is 83.9 cm³/mol. The first kappa shape index (κ1) is 15.8. The minimum Gasteiger partial charge on any atom is -0.424 e. The molecule has 0 fully saturated rings. The highest BCUT2D eigenvalue weighted by Gasteiger charge is 2.01. The summed E-state index contributed by atoms with van der Waals surface area (Å²) in [5.41, 5.74) is 1.01. The van der Waals surface area contributed by atoms with Gasteiger partial charge in [0, 0.05) is 43.1 Å². The second-order valence-electron chi connectivity index (χ2n) is 4.32. The van der Waals surface area contributed by atoms with Gasteiger partial charge in [0.25, 0.3) is 0 Å². The summed E-state index contributed by atoms with van der Waals surface area (Å²) >= 11 is 1.69. The first-order valence-electron chi connectivity index (χ1n) is 6.64. The highest BCUT2D eigenvalue weighted by molar-refractivity contribution is 7.98. The topological polar surface area (TPSA) is 56.3 Å². The number of nitrogens with one attached hydrogen (secondary N) is 1. The zero-order chi connectivity index (χ0) is 14.9. The van der Waals surface area contributed by atoms with E-state index in [1.165, 1.54) is 4.90 Å². The molecule has 6 heteroatoms. The van der Waals surface area contributed by atoms with Crippen molar-refractivity contribution in [1.82, 2.24) is 15.3 Å². The van der Waals surface area contributed by atoms with Crippen LogP contribution in [-0.2, 0) is 11.3 Å². The molecule has 0 amide bonds. The molecular formula is C15H19N3O2S. The Labute approximate surface area is 129 Å². The van der Waals surface area contributed by atoms with Crippen LogP contribution in [0.1, 0.15) is 5.56 Å². The molecule has 5 nitrogen and oxygen atoms in total. The van der Waals surface area contributed by atoms with Crippen LogP contribution in [0.5, 0.6) is 11.8 Å². The maximum atomic E-state index is 5.60. The van der Waals surface area contributed by atoms with Crippen molar-refractivity contribution in [3.05, 3.63) is 42.2 Å². The van der Waals surface area contributed by atoms with Crippen molar-refractivity contribution >= 4 is 11.8 Å². The van der Waals surface area contributed by atoms with Gasteiger partial charge >= 0.3 is 6.01 Å². The molecule has 1 heterocycles. The largest absolute Gasteiger partial charge is 0.424 e. The number of aromatic nitrogens is 2. The fourth-order valence-corrected chi connectivity index (χ4v) is 2.05. The lowest BCUT2D eigenvalue weighted by atomic mass is 10.3. The number of hydrogen-bond donors (Lipinski definition) is 1. The van der Waals surface area contributed by atoms with Crippen molar-refractivity contribution in [2.45, 2.75) is 11.4 Å². The van der Waals surface area contributed by atoms with E-state index in [0.29, 0.717) is 19.2 Å². The van der Waals surface area contributed by atoms with E-state index in [-0.39, 0.29) is 0 Å². The second kappa shape index (κ2) is 8.61. The molecule has 21 heavy (non-hydrogen) atoms. The second-order valence-corrected chi connectivity index (χ2v) is 5.20. The highest BCUT2D eigenvalue weighted by Crippen LogP contribution is 2.21. The summed E-state index contributed by atoms with van der Waals surface area (Å²) in [6.45, 7) is 2.21. The van der Waals surface area contributed by atoms with Crippen molar-refractivity contribution in [3.63, 3.8) is 0 Å². The zero-order valence-corrected chi connectivity index (χ0v) is 13.0. The molecule has 0 saturated carbocycles. The molecule has 0 unspecified atom stereocenters. The van der Waals surface area contributed by atoms with Gasteiger partial charge in [-0.2, -0.15) is 0 Å². The van der Waals surface area contributed by atoms with Crippen LogP contribution in [0.3, 0.4) is 0 Å². The van der Waals surface area contributed by atoms with Crippen molar-refractivity contribution in [2.24, 2.45) is 0 Å². The molecule has 1 aromatic heterocycles. The first-order valence-corrected chi connectivity index (χ1v) is 7.87. The Kier molecular flexibility index (Phi) is 6.46. The van der Waals surface area contributed by atoms with Gasteiger partial charge in [-0.15, -0.1) is 11.8 Å². The third-order valence-corrected chi connectivity index (χ3v) is 3.51. The summed E-state index contributed by atoms with van der Waals surface area (Å²) in [5.74, 6) is 0.735. The first-order chi connectivity index (χ1) is 10.3. The van der Waals surface area contributed by atoms with Crippen molar-refractivity contribution in [3.8, 4) is 11.8 Å². The summed E-state index contributed by atoms with van der Waals surface area (Å²) in [6.07, 6.45) is 5.56. The number of nitrogens with zero attached hydrogens (tertiary/aromatic N) is 2. The molecule has 0 saturated heterocycles. The maximum absolute atomic E-state index is 5.60. The van der Waals surface area contributed by atoms with Crippen LogP contribution in [0.25, 0.3) is 0 Å². The summed E-state index contributed by atoms with van der Waals surface area (Å²) in [7, 11) is 1.68. The number of rotatable bonds is 8. The molecule has 1 N–H and O–H groups in total. The lowest BCUT2D eigenvalue weighted by molar-refractivity contribution is 0.199. The van der Waals surface area contributed by atoms with Crippen LogP contribution in [0.2, 0.25) is 0 Å². The Morgan fingerprint density at radius 3 is 2.48 bits per heavy atom.